The van der Waals surface area contributed by atoms with Crippen LogP contribution in [0.2, 0.25) is 0 Å². The van der Waals surface area contributed by atoms with E-state index in [0.29, 0.717) is 12.8 Å². The highest BCUT2D eigenvalue weighted by atomic mass is 16.6. The molecule has 0 radical (unpaired) electrons. The SMILES string of the molecule is CC(C)(C)OC(=O)/C=C/CCC(N)C(=O)O. The van der Waals surface area contributed by atoms with Crippen LogP contribution < -0.4 is 5.73 Å². The average Bonchev–Trinajstić information content (AvgIpc) is 2.08. The first-order chi connectivity index (χ1) is 7.22. The summed E-state index contributed by atoms with van der Waals surface area (Å²) in [5.74, 6) is -1.47. The minimum absolute atomic E-state index is 0.300. The fraction of sp³-hybridized carbons (Fsp3) is 0.636. The fourth-order valence-corrected chi connectivity index (χ4v) is 0.915. The second-order valence-electron chi connectivity index (χ2n) is 4.46. The Labute approximate surface area is 95.3 Å². The molecule has 0 spiro atoms. The molecule has 0 saturated carbocycles. The van der Waals surface area contributed by atoms with Crippen molar-refractivity contribution in [3.63, 3.8) is 0 Å². The first-order valence-electron chi connectivity index (χ1n) is 5.10. The van der Waals surface area contributed by atoms with Crippen molar-refractivity contribution in [1.29, 1.82) is 0 Å². The largest absolute Gasteiger partial charge is 0.480 e. The molecule has 16 heavy (non-hydrogen) atoms. The maximum Gasteiger partial charge on any atom is 0.330 e. The van der Waals surface area contributed by atoms with Gasteiger partial charge in [-0.15, -0.1) is 0 Å². The second-order valence-corrected chi connectivity index (χ2v) is 4.46. The van der Waals surface area contributed by atoms with Crippen molar-refractivity contribution in [2.75, 3.05) is 0 Å². The fourth-order valence-electron chi connectivity index (χ4n) is 0.915. The Balaban J connectivity index is 3.85. The van der Waals surface area contributed by atoms with Gasteiger partial charge < -0.3 is 15.6 Å². The summed E-state index contributed by atoms with van der Waals surface area (Å²) in [6.45, 7) is 5.33. The molecular weight excluding hydrogens is 210 g/mol. The highest BCUT2D eigenvalue weighted by molar-refractivity contribution is 5.82. The number of carbonyl (C=O) groups excluding carboxylic acids is 1. The lowest BCUT2D eigenvalue weighted by molar-refractivity contribution is -0.148. The van der Waals surface area contributed by atoms with E-state index in [4.69, 9.17) is 15.6 Å². The molecular formula is C11H19NO4. The predicted molar refractivity (Wildman–Crippen MR) is 59.8 cm³/mol. The minimum Gasteiger partial charge on any atom is -0.480 e. The zero-order valence-electron chi connectivity index (χ0n) is 9.90. The van der Waals surface area contributed by atoms with E-state index >= 15 is 0 Å². The number of ether oxygens (including phenoxy) is 1. The number of allylic oxidation sites excluding steroid dienone is 1. The Morgan fingerprint density at radius 2 is 2.00 bits per heavy atom. The van der Waals surface area contributed by atoms with Gasteiger partial charge in [0, 0.05) is 6.08 Å². The average molecular weight is 229 g/mol. The third kappa shape index (κ3) is 7.99. The number of carboxylic acids is 1. The van der Waals surface area contributed by atoms with Gasteiger partial charge in [0.25, 0.3) is 0 Å². The maximum atomic E-state index is 11.2. The molecule has 0 amide bonds. The van der Waals surface area contributed by atoms with Crippen molar-refractivity contribution >= 4 is 11.9 Å². The van der Waals surface area contributed by atoms with E-state index in [1.807, 2.05) is 0 Å². The Hall–Kier alpha value is -1.36. The topological polar surface area (TPSA) is 89.6 Å². The van der Waals surface area contributed by atoms with Crippen LogP contribution in [0.25, 0.3) is 0 Å². The quantitative estimate of drug-likeness (QED) is 0.543. The number of hydrogen-bond donors (Lipinski definition) is 2. The van der Waals surface area contributed by atoms with Crippen LogP contribution in [0, 0.1) is 0 Å². The van der Waals surface area contributed by atoms with Gasteiger partial charge in [0.1, 0.15) is 11.6 Å². The van der Waals surface area contributed by atoms with E-state index in [9.17, 15) is 9.59 Å². The number of rotatable bonds is 5. The summed E-state index contributed by atoms with van der Waals surface area (Å²) in [7, 11) is 0. The van der Waals surface area contributed by atoms with Crippen molar-refractivity contribution in [2.45, 2.75) is 45.3 Å². The van der Waals surface area contributed by atoms with E-state index in [1.165, 1.54) is 6.08 Å². The number of nitrogens with two attached hydrogens (primary N) is 1. The zero-order valence-corrected chi connectivity index (χ0v) is 9.90. The van der Waals surface area contributed by atoms with Gasteiger partial charge >= 0.3 is 11.9 Å². The first kappa shape index (κ1) is 14.6. The molecule has 0 rings (SSSR count). The molecule has 5 nitrogen and oxygen atoms in total. The summed E-state index contributed by atoms with van der Waals surface area (Å²) in [4.78, 5) is 21.6. The molecule has 0 heterocycles. The molecule has 3 N–H and O–H groups in total. The van der Waals surface area contributed by atoms with Crippen molar-refractivity contribution in [2.24, 2.45) is 5.73 Å². The monoisotopic (exact) mass is 229 g/mol. The van der Waals surface area contributed by atoms with Crippen LogP contribution in [0.1, 0.15) is 33.6 Å². The Morgan fingerprint density at radius 1 is 1.44 bits per heavy atom. The molecule has 0 aromatic carbocycles. The summed E-state index contributed by atoms with van der Waals surface area (Å²) < 4.78 is 5.02. The zero-order chi connectivity index (χ0) is 12.8. The van der Waals surface area contributed by atoms with Crippen LogP contribution in [-0.2, 0) is 14.3 Å². The van der Waals surface area contributed by atoms with Gasteiger partial charge in [-0.25, -0.2) is 4.79 Å². The number of esters is 1. The van der Waals surface area contributed by atoms with Gasteiger partial charge in [0.15, 0.2) is 0 Å². The predicted octanol–water partition coefficient (Wildman–Crippen LogP) is 1.08. The van der Waals surface area contributed by atoms with Gasteiger partial charge in [-0.1, -0.05) is 6.08 Å². The van der Waals surface area contributed by atoms with Crippen molar-refractivity contribution < 1.29 is 19.4 Å². The van der Waals surface area contributed by atoms with Crippen LogP contribution in [0.5, 0.6) is 0 Å². The molecule has 0 saturated heterocycles. The molecule has 1 atom stereocenters. The maximum absolute atomic E-state index is 11.2. The van der Waals surface area contributed by atoms with Crippen molar-refractivity contribution in [3.8, 4) is 0 Å². The van der Waals surface area contributed by atoms with E-state index in [2.05, 4.69) is 0 Å². The lowest BCUT2D eigenvalue weighted by atomic mass is 10.1. The Bertz CT molecular complexity index is 278. The van der Waals surface area contributed by atoms with E-state index in [1.54, 1.807) is 26.8 Å². The van der Waals surface area contributed by atoms with E-state index in [0.717, 1.165) is 0 Å². The highest BCUT2D eigenvalue weighted by Crippen LogP contribution is 2.07. The standard InChI is InChI=1S/C11H19NO4/c1-11(2,3)16-9(13)7-5-4-6-8(12)10(14)15/h5,7-8H,4,6,12H2,1-3H3,(H,14,15)/b7-5+. The molecule has 0 aromatic rings. The van der Waals surface area contributed by atoms with Gasteiger partial charge in [0.2, 0.25) is 0 Å². The van der Waals surface area contributed by atoms with Crippen molar-refractivity contribution in [3.05, 3.63) is 12.2 Å². The Kier molecular flexibility index (Phi) is 5.74. The number of hydrogen-bond acceptors (Lipinski definition) is 4. The number of carboxylic acid groups (broad SMARTS) is 1. The van der Waals surface area contributed by atoms with Crippen LogP contribution >= 0.6 is 0 Å². The highest BCUT2D eigenvalue weighted by Gasteiger charge is 2.14. The van der Waals surface area contributed by atoms with Crippen LogP contribution in [0.15, 0.2) is 12.2 Å². The molecule has 0 aliphatic rings. The normalized spacial score (nSPS) is 13.8. The Morgan fingerprint density at radius 3 is 2.44 bits per heavy atom. The lowest BCUT2D eigenvalue weighted by Crippen LogP contribution is -2.29. The van der Waals surface area contributed by atoms with Crippen LogP contribution in [0.4, 0.5) is 0 Å². The first-order valence-corrected chi connectivity index (χ1v) is 5.10. The molecule has 0 aliphatic heterocycles. The van der Waals surface area contributed by atoms with Gasteiger partial charge in [0.05, 0.1) is 0 Å². The summed E-state index contributed by atoms with van der Waals surface area (Å²) >= 11 is 0. The molecule has 1 unspecified atom stereocenters. The van der Waals surface area contributed by atoms with Gasteiger partial charge in [-0.05, 0) is 33.6 Å². The van der Waals surface area contributed by atoms with Crippen LogP contribution in [0.3, 0.4) is 0 Å². The van der Waals surface area contributed by atoms with E-state index in [-0.39, 0.29) is 0 Å². The second kappa shape index (κ2) is 6.27. The molecule has 0 aromatic heterocycles. The molecule has 5 heteroatoms. The number of carbonyl (C=O) groups is 2. The molecule has 0 fully saturated rings. The minimum atomic E-state index is -1.04. The third-order valence-corrected chi connectivity index (χ3v) is 1.62. The van der Waals surface area contributed by atoms with Gasteiger partial charge in [-0.2, -0.15) is 0 Å². The van der Waals surface area contributed by atoms with Crippen LogP contribution in [-0.4, -0.2) is 28.7 Å². The third-order valence-electron chi connectivity index (χ3n) is 1.62. The van der Waals surface area contributed by atoms with Crippen molar-refractivity contribution in [1.82, 2.24) is 0 Å². The van der Waals surface area contributed by atoms with Gasteiger partial charge in [-0.3, -0.25) is 4.79 Å². The summed E-state index contributed by atoms with van der Waals surface area (Å²) in [6, 6.07) is -0.886. The number of aliphatic carboxylic acids is 1. The molecule has 0 bridgehead atoms. The smallest absolute Gasteiger partial charge is 0.330 e. The molecule has 92 valence electrons. The van der Waals surface area contributed by atoms with E-state index < -0.39 is 23.6 Å². The molecule has 0 aliphatic carbocycles. The summed E-state index contributed by atoms with van der Waals surface area (Å²) in [5, 5.41) is 8.50. The summed E-state index contributed by atoms with van der Waals surface area (Å²) in [5.41, 5.74) is 4.77. The lowest BCUT2D eigenvalue weighted by Gasteiger charge is -2.17. The summed E-state index contributed by atoms with van der Waals surface area (Å²) in [6.07, 6.45) is 3.60.